The molecule has 0 spiro atoms. The Hall–Kier alpha value is -2.13. The van der Waals surface area contributed by atoms with Crippen molar-refractivity contribution in [3.05, 3.63) is 22.8 Å². The van der Waals surface area contributed by atoms with Gasteiger partial charge in [0.15, 0.2) is 0 Å². The second kappa shape index (κ2) is 5.24. The van der Waals surface area contributed by atoms with Crippen LogP contribution in [0.4, 0.5) is 5.82 Å². The van der Waals surface area contributed by atoms with Crippen molar-refractivity contribution in [1.82, 2.24) is 10.3 Å². The van der Waals surface area contributed by atoms with Gasteiger partial charge in [-0.1, -0.05) is 18.5 Å². The van der Waals surface area contributed by atoms with Gasteiger partial charge in [0.1, 0.15) is 23.0 Å². The molecule has 1 atom stereocenters. The Morgan fingerprint density at radius 2 is 2.37 bits per heavy atom. The first-order valence-corrected chi connectivity index (χ1v) is 6.11. The first kappa shape index (κ1) is 13.3. The summed E-state index contributed by atoms with van der Waals surface area (Å²) in [6, 6.07) is 2.91. The first-order valence-electron chi connectivity index (χ1n) is 5.73. The highest BCUT2D eigenvalue weighted by molar-refractivity contribution is 6.34. The van der Waals surface area contributed by atoms with Crippen LogP contribution in [0.25, 0.3) is 0 Å². The highest BCUT2D eigenvalue weighted by Crippen LogP contribution is 2.29. The predicted octanol–water partition coefficient (Wildman–Crippen LogP) is 0.848. The zero-order valence-corrected chi connectivity index (χ0v) is 10.9. The number of pyridine rings is 1. The topological polar surface area (TPSA) is 86.1 Å². The van der Waals surface area contributed by atoms with Gasteiger partial charge in [-0.2, -0.15) is 5.26 Å². The fourth-order valence-corrected chi connectivity index (χ4v) is 2.28. The minimum atomic E-state index is -0.517. The van der Waals surface area contributed by atoms with Crippen LogP contribution in [0.15, 0.2) is 12.3 Å². The van der Waals surface area contributed by atoms with Gasteiger partial charge in [0, 0.05) is 6.20 Å². The Bertz CT molecular complexity index is 582. The van der Waals surface area contributed by atoms with E-state index in [0.29, 0.717) is 6.42 Å². The number of hydrogen-bond donors (Lipinski definition) is 1. The smallest absolute Gasteiger partial charge is 0.249 e. The zero-order chi connectivity index (χ0) is 14.0. The number of nitrogens with zero attached hydrogens (tertiary/aromatic N) is 3. The summed E-state index contributed by atoms with van der Waals surface area (Å²) in [6.07, 6.45) is 1.94. The zero-order valence-electron chi connectivity index (χ0n) is 10.2. The fraction of sp³-hybridized carbons (Fsp3) is 0.333. The molecule has 7 heteroatoms. The van der Waals surface area contributed by atoms with E-state index in [1.165, 1.54) is 17.2 Å². The van der Waals surface area contributed by atoms with Crippen LogP contribution in [0.3, 0.4) is 0 Å². The van der Waals surface area contributed by atoms with Crippen molar-refractivity contribution >= 4 is 29.2 Å². The normalized spacial score (nSPS) is 19.0. The third-order valence-electron chi connectivity index (χ3n) is 2.91. The SMILES string of the molecule is CCC1C(=O)NC(=O)CN1c1nccc(C#N)c1Cl. The number of aromatic nitrogens is 1. The summed E-state index contributed by atoms with van der Waals surface area (Å²) in [6.45, 7) is 1.82. The highest BCUT2D eigenvalue weighted by Gasteiger charge is 2.34. The van der Waals surface area contributed by atoms with Gasteiger partial charge in [0.25, 0.3) is 0 Å². The molecule has 0 saturated carbocycles. The minimum absolute atomic E-state index is 0.00809. The molecule has 1 aliphatic rings. The van der Waals surface area contributed by atoms with Crippen molar-refractivity contribution in [2.45, 2.75) is 19.4 Å². The molecule has 2 amide bonds. The summed E-state index contributed by atoms with van der Waals surface area (Å²) in [4.78, 5) is 28.9. The van der Waals surface area contributed by atoms with Crippen LogP contribution in [0.2, 0.25) is 5.02 Å². The standard InChI is InChI=1S/C12H11ClN4O2/c1-2-8-12(19)16-9(18)6-17(8)11-10(13)7(5-14)3-4-15-11/h3-4,8H,2,6H2,1H3,(H,16,18,19). The van der Waals surface area contributed by atoms with Gasteiger partial charge in [-0.05, 0) is 12.5 Å². The van der Waals surface area contributed by atoms with Crippen molar-refractivity contribution in [2.24, 2.45) is 0 Å². The van der Waals surface area contributed by atoms with Crippen LogP contribution in [0.1, 0.15) is 18.9 Å². The van der Waals surface area contributed by atoms with E-state index in [9.17, 15) is 9.59 Å². The molecule has 0 aromatic carbocycles. The predicted molar refractivity (Wildman–Crippen MR) is 68.5 cm³/mol. The van der Waals surface area contributed by atoms with Gasteiger partial charge in [0.05, 0.1) is 12.1 Å². The molecule has 1 aromatic rings. The van der Waals surface area contributed by atoms with Gasteiger partial charge in [-0.25, -0.2) is 4.98 Å². The molecule has 0 radical (unpaired) electrons. The molecule has 1 N–H and O–H groups in total. The molecule has 1 aliphatic heterocycles. The molecule has 1 unspecified atom stereocenters. The molecule has 19 heavy (non-hydrogen) atoms. The lowest BCUT2D eigenvalue weighted by Crippen LogP contribution is -2.58. The number of imide groups is 1. The summed E-state index contributed by atoms with van der Waals surface area (Å²) >= 11 is 6.09. The van der Waals surface area contributed by atoms with E-state index < -0.39 is 11.9 Å². The van der Waals surface area contributed by atoms with Crippen molar-refractivity contribution in [2.75, 3.05) is 11.4 Å². The Morgan fingerprint density at radius 3 is 3.00 bits per heavy atom. The van der Waals surface area contributed by atoms with E-state index in [0.717, 1.165) is 0 Å². The number of carbonyl (C=O) groups excluding carboxylic acids is 2. The van der Waals surface area contributed by atoms with E-state index in [1.54, 1.807) is 0 Å². The summed E-state index contributed by atoms with van der Waals surface area (Å²) in [5.41, 5.74) is 0.264. The quantitative estimate of drug-likeness (QED) is 0.811. The number of piperazine rings is 1. The third kappa shape index (κ3) is 2.37. The monoisotopic (exact) mass is 278 g/mol. The molecule has 98 valence electrons. The van der Waals surface area contributed by atoms with E-state index >= 15 is 0 Å². The molecule has 0 bridgehead atoms. The van der Waals surface area contributed by atoms with E-state index in [-0.39, 0.29) is 28.9 Å². The van der Waals surface area contributed by atoms with Crippen molar-refractivity contribution in [1.29, 1.82) is 5.26 Å². The number of carbonyl (C=O) groups is 2. The lowest BCUT2D eigenvalue weighted by molar-refractivity contribution is -0.132. The fourth-order valence-electron chi connectivity index (χ4n) is 2.01. The highest BCUT2D eigenvalue weighted by atomic mass is 35.5. The first-order chi connectivity index (χ1) is 9.08. The summed E-state index contributed by atoms with van der Waals surface area (Å²) < 4.78 is 0. The lowest BCUT2D eigenvalue weighted by atomic mass is 10.1. The van der Waals surface area contributed by atoms with E-state index in [4.69, 9.17) is 16.9 Å². The lowest BCUT2D eigenvalue weighted by Gasteiger charge is -2.34. The van der Waals surface area contributed by atoms with Crippen LogP contribution in [-0.4, -0.2) is 29.4 Å². The van der Waals surface area contributed by atoms with Crippen LogP contribution >= 0.6 is 11.6 Å². The summed E-state index contributed by atoms with van der Waals surface area (Å²) in [5, 5.41) is 11.4. The number of amides is 2. The van der Waals surface area contributed by atoms with Crippen LogP contribution in [0.5, 0.6) is 0 Å². The van der Waals surface area contributed by atoms with Gasteiger partial charge in [-0.15, -0.1) is 0 Å². The van der Waals surface area contributed by atoms with Crippen molar-refractivity contribution < 1.29 is 9.59 Å². The van der Waals surface area contributed by atoms with Gasteiger partial charge < -0.3 is 4.90 Å². The molecule has 2 rings (SSSR count). The Kier molecular flexibility index (Phi) is 3.67. The maximum Gasteiger partial charge on any atom is 0.249 e. The molecule has 2 heterocycles. The molecule has 0 aliphatic carbocycles. The Labute approximate surface area is 115 Å². The summed E-state index contributed by atoms with van der Waals surface area (Å²) in [7, 11) is 0. The maximum absolute atomic E-state index is 11.8. The molecular formula is C12H11ClN4O2. The second-order valence-corrected chi connectivity index (χ2v) is 4.45. The number of hydrogen-bond acceptors (Lipinski definition) is 5. The number of nitrogens with one attached hydrogen (secondary N) is 1. The number of halogens is 1. The Morgan fingerprint density at radius 1 is 1.63 bits per heavy atom. The molecule has 1 saturated heterocycles. The Balaban J connectivity index is 2.47. The van der Waals surface area contributed by atoms with Crippen LogP contribution in [-0.2, 0) is 9.59 Å². The molecule has 6 nitrogen and oxygen atoms in total. The van der Waals surface area contributed by atoms with E-state index in [1.807, 2.05) is 13.0 Å². The van der Waals surface area contributed by atoms with Gasteiger partial charge in [-0.3, -0.25) is 14.9 Å². The molecular weight excluding hydrogens is 268 g/mol. The average molecular weight is 279 g/mol. The van der Waals surface area contributed by atoms with Gasteiger partial charge in [0.2, 0.25) is 11.8 Å². The largest absolute Gasteiger partial charge is 0.334 e. The number of nitriles is 1. The minimum Gasteiger partial charge on any atom is -0.334 e. The summed E-state index contributed by atoms with van der Waals surface area (Å²) in [5.74, 6) is -0.496. The van der Waals surface area contributed by atoms with Crippen molar-refractivity contribution in [3.63, 3.8) is 0 Å². The molecule has 1 aromatic heterocycles. The van der Waals surface area contributed by atoms with Crippen LogP contribution < -0.4 is 10.2 Å². The van der Waals surface area contributed by atoms with Crippen molar-refractivity contribution in [3.8, 4) is 6.07 Å². The maximum atomic E-state index is 11.8. The second-order valence-electron chi connectivity index (χ2n) is 4.07. The van der Waals surface area contributed by atoms with Crippen LogP contribution in [0, 0.1) is 11.3 Å². The average Bonchev–Trinajstić information content (AvgIpc) is 2.38. The van der Waals surface area contributed by atoms with E-state index in [2.05, 4.69) is 10.3 Å². The number of anilines is 1. The number of rotatable bonds is 2. The molecule has 1 fully saturated rings. The van der Waals surface area contributed by atoms with Gasteiger partial charge >= 0.3 is 0 Å². The third-order valence-corrected chi connectivity index (χ3v) is 3.28.